The largest absolute Gasteiger partial charge is 0.471 e. The first-order valence-corrected chi connectivity index (χ1v) is 9.18. The van der Waals surface area contributed by atoms with Crippen LogP contribution in [0.4, 0.5) is 0 Å². The summed E-state index contributed by atoms with van der Waals surface area (Å²) in [6, 6.07) is 9.02. The Morgan fingerprint density at radius 1 is 0.885 bits per heavy atom. The summed E-state index contributed by atoms with van der Waals surface area (Å²) in [7, 11) is -3.76. The molecule has 1 aromatic carbocycles. The zero-order chi connectivity index (χ0) is 18.4. The number of aryl methyl sites for hydroxylation is 1. The van der Waals surface area contributed by atoms with E-state index in [1.165, 1.54) is 25.1 Å². The number of hydrogen-bond acceptors (Lipinski definition) is 4. The Hall–Kier alpha value is -3.19. The molecule has 0 fully saturated rings. The highest BCUT2D eigenvalue weighted by Gasteiger charge is 2.17. The average molecular weight is 365 g/mol. The van der Waals surface area contributed by atoms with E-state index in [4.69, 9.17) is 8.83 Å². The topological polar surface area (TPSA) is 72.5 Å². The Morgan fingerprint density at radius 3 is 1.88 bits per heavy atom. The monoisotopic (exact) mass is 365 g/mol. The molecule has 0 bridgehead atoms. The van der Waals surface area contributed by atoms with Crippen LogP contribution in [-0.4, -0.2) is 14.5 Å². The predicted octanol–water partition coefficient (Wildman–Crippen LogP) is 2.93. The van der Waals surface area contributed by atoms with E-state index in [1.807, 2.05) is 6.92 Å². The van der Waals surface area contributed by atoms with Gasteiger partial charge in [0.1, 0.15) is 18.6 Å². The number of furan rings is 2. The molecule has 0 amide bonds. The fourth-order valence-corrected chi connectivity index (χ4v) is 3.08. The lowest BCUT2D eigenvalue weighted by Gasteiger charge is -2.09. The Balaban J connectivity index is 1.88. The molecule has 0 aliphatic heterocycles. The third-order valence-electron chi connectivity index (χ3n) is 3.37. The molecule has 0 spiro atoms. The molecule has 2 heterocycles. The highest BCUT2D eigenvalue weighted by molar-refractivity contribution is 7.89. The third-order valence-corrected chi connectivity index (χ3v) is 4.81. The first-order valence-electron chi connectivity index (χ1n) is 7.69. The Bertz CT molecular complexity index is 1020. The van der Waals surface area contributed by atoms with Crippen molar-refractivity contribution in [2.45, 2.75) is 17.9 Å². The lowest BCUT2D eigenvalue weighted by atomic mass is 10.2. The lowest BCUT2D eigenvalue weighted by Crippen LogP contribution is -2.32. The maximum absolute atomic E-state index is 12.6. The summed E-state index contributed by atoms with van der Waals surface area (Å²) in [5.74, 6) is 11.3. The molecule has 3 aromatic rings. The van der Waals surface area contributed by atoms with Crippen molar-refractivity contribution in [3.8, 4) is 23.7 Å². The molecule has 0 aliphatic rings. The van der Waals surface area contributed by atoms with Crippen molar-refractivity contribution in [2.75, 3.05) is 0 Å². The van der Waals surface area contributed by atoms with Crippen LogP contribution in [0.15, 0.2) is 75.2 Å². The Kier molecular flexibility index (Phi) is 5.28. The third kappa shape index (κ3) is 4.67. The van der Waals surface area contributed by atoms with Crippen LogP contribution in [0, 0.1) is 30.6 Å². The van der Waals surface area contributed by atoms with Gasteiger partial charge in [0, 0.05) is 0 Å². The smallest absolute Gasteiger partial charge is 0.242 e. The highest BCUT2D eigenvalue weighted by Crippen LogP contribution is 2.10. The standard InChI is InChI=1S/C20H15NO4S/c1-16-2-8-20(9-3-16)26(22,23)21-19(6-4-17-10-12-24-14-17)7-5-18-11-13-25-15-18/h2-3,8-15,19,21H,1H3. The van der Waals surface area contributed by atoms with E-state index in [0.29, 0.717) is 11.1 Å². The molecule has 130 valence electrons. The fourth-order valence-electron chi connectivity index (χ4n) is 2.02. The van der Waals surface area contributed by atoms with Gasteiger partial charge in [-0.15, -0.1) is 0 Å². The van der Waals surface area contributed by atoms with Gasteiger partial charge < -0.3 is 8.83 Å². The second-order valence-corrected chi connectivity index (χ2v) is 7.14. The quantitative estimate of drug-likeness (QED) is 0.725. The molecule has 0 aliphatic carbocycles. The van der Waals surface area contributed by atoms with Crippen LogP contribution in [0.3, 0.4) is 0 Å². The van der Waals surface area contributed by atoms with Crippen molar-refractivity contribution in [3.63, 3.8) is 0 Å². The molecule has 0 unspecified atom stereocenters. The second kappa shape index (κ2) is 7.79. The van der Waals surface area contributed by atoms with E-state index < -0.39 is 16.1 Å². The summed E-state index contributed by atoms with van der Waals surface area (Å²) in [5, 5.41) is 0. The summed E-state index contributed by atoms with van der Waals surface area (Å²) in [5.41, 5.74) is 2.24. The van der Waals surface area contributed by atoms with Gasteiger partial charge in [-0.2, -0.15) is 4.72 Å². The number of nitrogens with one attached hydrogen (secondary N) is 1. The zero-order valence-corrected chi connectivity index (χ0v) is 14.7. The van der Waals surface area contributed by atoms with E-state index in [9.17, 15) is 8.42 Å². The van der Waals surface area contributed by atoms with Gasteiger partial charge in [0.2, 0.25) is 10.0 Å². The lowest BCUT2D eigenvalue weighted by molar-refractivity contribution is 0.566. The molecule has 6 heteroatoms. The molecule has 3 rings (SSSR count). The normalized spacial score (nSPS) is 10.7. The predicted molar refractivity (Wildman–Crippen MR) is 96.5 cm³/mol. The van der Waals surface area contributed by atoms with Crippen molar-refractivity contribution in [2.24, 2.45) is 0 Å². The maximum Gasteiger partial charge on any atom is 0.242 e. The van der Waals surface area contributed by atoms with E-state index >= 15 is 0 Å². The number of hydrogen-bond donors (Lipinski definition) is 1. The molecule has 0 saturated carbocycles. The number of sulfonamides is 1. The van der Waals surface area contributed by atoms with E-state index in [1.54, 1.807) is 36.4 Å². The second-order valence-electron chi connectivity index (χ2n) is 5.43. The Morgan fingerprint density at radius 2 is 1.42 bits per heavy atom. The van der Waals surface area contributed by atoms with Crippen LogP contribution in [-0.2, 0) is 10.0 Å². The summed E-state index contributed by atoms with van der Waals surface area (Å²) < 4.78 is 37.6. The van der Waals surface area contributed by atoms with Crippen LogP contribution in [0.5, 0.6) is 0 Å². The van der Waals surface area contributed by atoms with Crippen LogP contribution in [0.1, 0.15) is 16.7 Å². The molecule has 2 aromatic heterocycles. The SMILES string of the molecule is Cc1ccc(S(=O)(=O)NC(C#Cc2ccoc2)C#Cc2ccoc2)cc1. The van der Waals surface area contributed by atoms with Gasteiger partial charge in [0.25, 0.3) is 0 Å². The van der Waals surface area contributed by atoms with Crippen molar-refractivity contribution >= 4 is 10.0 Å². The summed E-state index contributed by atoms with van der Waals surface area (Å²) in [6.45, 7) is 1.89. The van der Waals surface area contributed by atoms with Crippen LogP contribution in [0.25, 0.3) is 0 Å². The van der Waals surface area contributed by atoms with E-state index in [-0.39, 0.29) is 4.90 Å². The van der Waals surface area contributed by atoms with Crippen molar-refractivity contribution in [3.05, 3.63) is 78.1 Å². The molecular weight excluding hydrogens is 350 g/mol. The van der Waals surface area contributed by atoms with Gasteiger partial charge in [0.05, 0.1) is 28.5 Å². The van der Waals surface area contributed by atoms with Crippen LogP contribution < -0.4 is 4.72 Å². The number of benzene rings is 1. The van der Waals surface area contributed by atoms with Gasteiger partial charge >= 0.3 is 0 Å². The van der Waals surface area contributed by atoms with Gasteiger partial charge in [-0.05, 0) is 31.2 Å². The van der Waals surface area contributed by atoms with Gasteiger partial charge in [-0.25, -0.2) is 8.42 Å². The molecule has 0 atom stereocenters. The minimum absolute atomic E-state index is 0.156. The maximum atomic E-state index is 12.6. The van der Waals surface area contributed by atoms with Crippen molar-refractivity contribution < 1.29 is 17.3 Å². The minimum Gasteiger partial charge on any atom is -0.471 e. The van der Waals surface area contributed by atoms with Crippen LogP contribution >= 0.6 is 0 Å². The number of rotatable bonds is 3. The molecule has 0 radical (unpaired) electrons. The molecule has 5 nitrogen and oxygen atoms in total. The summed E-state index contributed by atoms with van der Waals surface area (Å²) in [6.07, 6.45) is 5.93. The van der Waals surface area contributed by atoms with Crippen LogP contribution in [0.2, 0.25) is 0 Å². The summed E-state index contributed by atoms with van der Waals surface area (Å²) in [4.78, 5) is 0.156. The van der Waals surface area contributed by atoms with Crippen molar-refractivity contribution in [1.29, 1.82) is 0 Å². The first kappa shape index (κ1) is 17.6. The zero-order valence-electron chi connectivity index (χ0n) is 13.9. The summed E-state index contributed by atoms with van der Waals surface area (Å²) >= 11 is 0. The van der Waals surface area contributed by atoms with Crippen molar-refractivity contribution in [1.82, 2.24) is 4.72 Å². The van der Waals surface area contributed by atoms with E-state index in [0.717, 1.165) is 5.56 Å². The molecule has 26 heavy (non-hydrogen) atoms. The molecule has 1 N–H and O–H groups in total. The molecule has 0 saturated heterocycles. The van der Waals surface area contributed by atoms with Gasteiger partial charge in [-0.1, -0.05) is 41.4 Å². The van der Waals surface area contributed by atoms with E-state index in [2.05, 4.69) is 28.4 Å². The fraction of sp³-hybridized carbons (Fsp3) is 0.100. The minimum atomic E-state index is -3.76. The Labute approximate surface area is 152 Å². The average Bonchev–Trinajstić information content (AvgIpc) is 3.31. The highest BCUT2D eigenvalue weighted by atomic mass is 32.2. The van der Waals surface area contributed by atoms with Gasteiger partial charge in [-0.3, -0.25) is 0 Å². The molecular formula is C20H15NO4S. The first-order chi connectivity index (χ1) is 12.5. The van der Waals surface area contributed by atoms with Gasteiger partial charge in [0.15, 0.2) is 0 Å².